The van der Waals surface area contributed by atoms with Crippen LogP contribution in [0.4, 0.5) is 4.39 Å². The lowest BCUT2D eigenvalue weighted by Crippen LogP contribution is -2.47. The lowest BCUT2D eigenvalue weighted by Gasteiger charge is -2.38. The summed E-state index contributed by atoms with van der Waals surface area (Å²) in [6, 6.07) is 4.33. The number of hydrogen-bond acceptors (Lipinski definition) is 4. The highest BCUT2D eigenvalue weighted by Gasteiger charge is 2.29. The van der Waals surface area contributed by atoms with Crippen molar-refractivity contribution in [1.82, 2.24) is 15.5 Å². The summed E-state index contributed by atoms with van der Waals surface area (Å²) in [5, 5.41) is 6.01. The Morgan fingerprint density at radius 2 is 2.35 bits per heavy atom. The molecule has 1 saturated heterocycles. The average Bonchev–Trinajstić information content (AvgIpc) is 2.50. The zero-order valence-corrected chi connectivity index (χ0v) is 14.2. The summed E-state index contributed by atoms with van der Waals surface area (Å²) in [5.41, 5.74) is 0.424. The molecule has 0 bridgehead atoms. The molecule has 1 heterocycles. The smallest absolute Gasteiger partial charge is 0.234 e. The Kier molecular flexibility index (Phi) is 6.77. The molecule has 2 unspecified atom stereocenters. The van der Waals surface area contributed by atoms with Crippen molar-refractivity contribution in [3.8, 4) is 0 Å². The highest BCUT2D eigenvalue weighted by Crippen LogP contribution is 2.30. The molecule has 0 spiro atoms. The van der Waals surface area contributed by atoms with Crippen LogP contribution >= 0.6 is 11.6 Å². The van der Waals surface area contributed by atoms with Crippen LogP contribution in [0.2, 0.25) is 5.02 Å². The Morgan fingerprint density at radius 3 is 3.00 bits per heavy atom. The summed E-state index contributed by atoms with van der Waals surface area (Å²) in [4.78, 5) is 13.9. The van der Waals surface area contributed by atoms with E-state index in [9.17, 15) is 9.18 Å². The van der Waals surface area contributed by atoms with Crippen LogP contribution in [-0.2, 0) is 9.53 Å². The van der Waals surface area contributed by atoms with Gasteiger partial charge in [0.2, 0.25) is 5.91 Å². The number of morpholine rings is 1. The van der Waals surface area contributed by atoms with Crippen LogP contribution in [0, 0.1) is 5.82 Å². The van der Waals surface area contributed by atoms with Crippen molar-refractivity contribution in [2.75, 3.05) is 39.8 Å². The molecule has 2 N–H and O–H groups in total. The summed E-state index contributed by atoms with van der Waals surface area (Å²) in [6.07, 6.45) is 0.0600. The molecule has 0 aliphatic carbocycles. The Bertz CT molecular complexity index is 524. The van der Waals surface area contributed by atoms with Gasteiger partial charge in [0.1, 0.15) is 5.82 Å². The van der Waals surface area contributed by atoms with Crippen molar-refractivity contribution in [3.63, 3.8) is 0 Å². The quantitative estimate of drug-likeness (QED) is 0.823. The van der Waals surface area contributed by atoms with Crippen LogP contribution in [0.15, 0.2) is 18.2 Å². The molecule has 5 nitrogen and oxygen atoms in total. The van der Waals surface area contributed by atoms with Crippen LogP contribution in [0.5, 0.6) is 0 Å². The van der Waals surface area contributed by atoms with E-state index in [0.29, 0.717) is 36.8 Å². The normalized spacial score (nSPS) is 20.3. The van der Waals surface area contributed by atoms with Gasteiger partial charge in [-0.1, -0.05) is 17.7 Å². The van der Waals surface area contributed by atoms with E-state index in [0.717, 1.165) is 0 Å². The van der Waals surface area contributed by atoms with Gasteiger partial charge in [0.15, 0.2) is 0 Å². The predicted molar refractivity (Wildman–Crippen MR) is 88.1 cm³/mol. The number of halogens is 2. The van der Waals surface area contributed by atoms with Crippen LogP contribution in [0.25, 0.3) is 0 Å². The summed E-state index contributed by atoms with van der Waals surface area (Å²) >= 11 is 6.23. The number of nitrogens with zero attached hydrogens (tertiary/aromatic N) is 1. The SMILES string of the molecule is CNCC(=O)NCC(c1c(F)cccc1Cl)N1CCOC(C)C1. The molecule has 0 aromatic heterocycles. The number of amides is 1. The van der Waals surface area contributed by atoms with E-state index in [-0.39, 0.29) is 30.4 Å². The fourth-order valence-corrected chi connectivity index (χ4v) is 3.09. The molecular formula is C16H23ClFN3O2. The number of rotatable bonds is 6. The van der Waals surface area contributed by atoms with Gasteiger partial charge >= 0.3 is 0 Å². The maximum atomic E-state index is 14.4. The van der Waals surface area contributed by atoms with Crippen molar-refractivity contribution < 1.29 is 13.9 Å². The van der Waals surface area contributed by atoms with Crippen molar-refractivity contribution in [1.29, 1.82) is 0 Å². The monoisotopic (exact) mass is 343 g/mol. The molecule has 1 aliphatic rings. The first-order chi connectivity index (χ1) is 11.0. The van der Waals surface area contributed by atoms with E-state index in [1.54, 1.807) is 19.2 Å². The maximum absolute atomic E-state index is 14.4. The molecule has 2 rings (SSSR count). The molecule has 1 aromatic carbocycles. The van der Waals surface area contributed by atoms with Crippen molar-refractivity contribution in [3.05, 3.63) is 34.6 Å². The summed E-state index contributed by atoms with van der Waals surface area (Å²) in [5.74, 6) is -0.490. The van der Waals surface area contributed by atoms with Gasteiger partial charge in [-0.3, -0.25) is 9.69 Å². The zero-order valence-electron chi connectivity index (χ0n) is 13.4. The maximum Gasteiger partial charge on any atom is 0.234 e. The zero-order chi connectivity index (χ0) is 16.8. The third kappa shape index (κ3) is 4.88. The molecule has 128 valence electrons. The third-order valence-electron chi connectivity index (χ3n) is 3.88. The molecule has 1 aliphatic heterocycles. The van der Waals surface area contributed by atoms with Gasteiger partial charge in [0.25, 0.3) is 0 Å². The van der Waals surface area contributed by atoms with Gasteiger partial charge in [0.05, 0.1) is 25.3 Å². The summed E-state index contributed by atoms with van der Waals surface area (Å²) < 4.78 is 19.9. The Morgan fingerprint density at radius 1 is 1.57 bits per heavy atom. The summed E-state index contributed by atoms with van der Waals surface area (Å²) in [6.45, 7) is 4.41. The van der Waals surface area contributed by atoms with Crippen molar-refractivity contribution in [2.24, 2.45) is 0 Å². The molecule has 23 heavy (non-hydrogen) atoms. The molecule has 0 radical (unpaired) electrons. The van der Waals surface area contributed by atoms with E-state index in [1.165, 1.54) is 6.07 Å². The minimum atomic E-state index is -0.357. The van der Waals surface area contributed by atoms with Gasteiger partial charge in [-0.05, 0) is 26.1 Å². The first-order valence-corrected chi connectivity index (χ1v) is 8.11. The molecule has 2 atom stereocenters. The van der Waals surface area contributed by atoms with Gasteiger partial charge in [-0.2, -0.15) is 0 Å². The molecule has 1 amide bonds. The van der Waals surface area contributed by atoms with E-state index in [2.05, 4.69) is 15.5 Å². The van der Waals surface area contributed by atoms with E-state index in [4.69, 9.17) is 16.3 Å². The van der Waals surface area contributed by atoms with Gasteiger partial charge in [-0.15, -0.1) is 0 Å². The molecule has 1 aromatic rings. The minimum absolute atomic E-state index is 0.0600. The number of carbonyl (C=O) groups is 1. The Hall–Kier alpha value is -1.21. The highest BCUT2D eigenvalue weighted by molar-refractivity contribution is 6.31. The molecular weight excluding hydrogens is 321 g/mol. The van der Waals surface area contributed by atoms with Crippen LogP contribution < -0.4 is 10.6 Å². The first kappa shape index (κ1) is 18.1. The predicted octanol–water partition coefficient (Wildman–Crippen LogP) is 1.58. The van der Waals surface area contributed by atoms with Gasteiger partial charge in [-0.25, -0.2) is 4.39 Å². The average molecular weight is 344 g/mol. The van der Waals surface area contributed by atoms with Crippen molar-refractivity contribution >= 4 is 17.5 Å². The summed E-state index contributed by atoms with van der Waals surface area (Å²) in [7, 11) is 1.70. The number of hydrogen-bond donors (Lipinski definition) is 2. The number of benzene rings is 1. The number of carbonyl (C=O) groups excluding carboxylic acids is 1. The van der Waals surface area contributed by atoms with Gasteiger partial charge < -0.3 is 15.4 Å². The fraction of sp³-hybridized carbons (Fsp3) is 0.562. The lowest BCUT2D eigenvalue weighted by atomic mass is 10.0. The fourth-order valence-electron chi connectivity index (χ4n) is 2.80. The van der Waals surface area contributed by atoms with E-state index in [1.807, 2.05) is 6.92 Å². The van der Waals surface area contributed by atoms with Crippen LogP contribution in [0.3, 0.4) is 0 Å². The third-order valence-corrected chi connectivity index (χ3v) is 4.21. The number of ether oxygens (including phenoxy) is 1. The second-order valence-electron chi connectivity index (χ2n) is 5.66. The number of likely N-dealkylation sites (N-methyl/N-ethyl adjacent to an activating group) is 1. The largest absolute Gasteiger partial charge is 0.376 e. The standard InChI is InChI=1S/C16H23ClFN3O2/c1-11-10-21(6-7-23-11)14(8-20-15(22)9-19-2)16-12(17)4-3-5-13(16)18/h3-5,11,14,19H,6-10H2,1-2H3,(H,20,22). The molecule has 1 fully saturated rings. The first-order valence-electron chi connectivity index (χ1n) is 7.73. The second kappa shape index (κ2) is 8.59. The lowest BCUT2D eigenvalue weighted by molar-refractivity contribution is -0.120. The van der Waals surface area contributed by atoms with E-state index >= 15 is 0 Å². The van der Waals surface area contributed by atoms with Crippen LogP contribution in [-0.4, -0.2) is 56.7 Å². The minimum Gasteiger partial charge on any atom is -0.376 e. The highest BCUT2D eigenvalue weighted by atomic mass is 35.5. The molecule has 7 heteroatoms. The van der Waals surface area contributed by atoms with Gasteiger partial charge in [0, 0.05) is 30.2 Å². The second-order valence-corrected chi connectivity index (χ2v) is 6.07. The van der Waals surface area contributed by atoms with Crippen LogP contribution in [0.1, 0.15) is 18.5 Å². The van der Waals surface area contributed by atoms with E-state index < -0.39 is 0 Å². The Balaban J connectivity index is 2.22. The van der Waals surface area contributed by atoms with Crippen molar-refractivity contribution in [2.45, 2.75) is 19.1 Å². The number of nitrogens with one attached hydrogen (secondary N) is 2. The molecule has 0 saturated carbocycles. The topological polar surface area (TPSA) is 53.6 Å². The Labute approximate surface area is 141 Å².